The first-order valence-corrected chi connectivity index (χ1v) is 8.56. The Morgan fingerprint density at radius 2 is 2.00 bits per heavy atom. The SMILES string of the molecule is COC(=O)c1[nH]nc2c1C(c1ccc(N3CCOCC3)cc1)CC(=O)N2. The number of ether oxygens (including phenoxy) is 2. The predicted octanol–water partition coefficient (Wildman–Crippen LogP) is 1.51. The molecule has 0 spiro atoms. The van der Waals surface area contributed by atoms with Gasteiger partial charge in [-0.1, -0.05) is 12.1 Å². The number of anilines is 2. The standard InChI is InChI=1S/C18H20N4O4/c1-25-18(24)16-15-13(10-14(23)19-17(15)21-20-16)11-2-4-12(5-3-11)22-6-8-26-9-7-22/h2-5,13H,6-10H2,1H3,(H2,19,20,21,23). The van der Waals surface area contributed by atoms with E-state index >= 15 is 0 Å². The maximum atomic E-state index is 12.1. The fourth-order valence-corrected chi connectivity index (χ4v) is 3.54. The zero-order chi connectivity index (χ0) is 18.1. The maximum Gasteiger partial charge on any atom is 0.356 e. The van der Waals surface area contributed by atoms with E-state index in [0.29, 0.717) is 11.4 Å². The van der Waals surface area contributed by atoms with Crippen LogP contribution in [0.3, 0.4) is 0 Å². The first kappa shape index (κ1) is 16.6. The van der Waals surface area contributed by atoms with Gasteiger partial charge in [0.2, 0.25) is 5.91 Å². The molecule has 3 heterocycles. The Balaban J connectivity index is 1.66. The summed E-state index contributed by atoms with van der Waals surface area (Å²) in [6, 6.07) is 8.10. The number of hydrogen-bond acceptors (Lipinski definition) is 6. The summed E-state index contributed by atoms with van der Waals surface area (Å²) in [5, 5.41) is 9.46. The lowest BCUT2D eigenvalue weighted by Gasteiger charge is -2.29. The zero-order valence-electron chi connectivity index (χ0n) is 14.4. The van der Waals surface area contributed by atoms with Gasteiger partial charge in [0.25, 0.3) is 0 Å². The molecule has 1 unspecified atom stereocenters. The van der Waals surface area contributed by atoms with E-state index in [1.54, 1.807) is 0 Å². The molecule has 8 heteroatoms. The Bertz CT molecular complexity index is 824. The monoisotopic (exact) mass is 356 g/mol. The first-order chi connectivity index (χ1) is 12.7. The summed E-state index contributed by atoms with van der Waals surface area (Å²) in [5.41, 5.74) is 3.04. The average molecular weight is 356 g/mol. The Morgan fingerprint density at radius 1 is 1.27 bits per heavy atom. The fraction of sp³-hybridized carbons (Fsp3) is 0.389. The number of carbonyl (C=O) groups is 2. The second kappa shape index (κ2) is 6.80. The molecule has 1 aromatic heterocycles. The molecule has 136 valence electrons. The summed E-state index contributed by atoms with van der Waals surface area (Å²) in [6.45, 7) is 3.18. The number of carbonyl (C=O) groups excluding carboxylic acids is 2. The minimum absolute atomic E-state index is 0.123. The van der Waals surface area contributed by atoms with Crippen molar-refractivity contribution in [2.75, 3.05) is 43.6 Å². The highest BCUT2D eigenvalue weighted by atomic mass is 16.5. The Labute approximate surface area is 150 Å². The molecular formula is C18H20N4O4. The number of H-pyrrole nitrogens is 1. The Morgan fingerprint density at radius 3 is 2.69 bits per heavy atom. The van der Waals surface area contributed by atoms with Crippen molar-refractivity contribution < 1.29 is 19.1 Å². The number of aromatic amines is 1. The number of esters is 1. The van der Waals surface area contributed by atoms with E-state index in [4.69, 9.17) is 9.47 Å². The number of morpholine rings is 1. The number of rotatable bonds is 3. The van der Waals surface area contributed by atoms with Gasteiger partial charge in [-0.05, 0) is 17.7 Å². The van der Waals surface area contributed by atoms with Crippen LogP contribution in [0.4, 0.5) is 11.5 Å². The van der Waals surface area contributed by atoms with Gasteiger partial charge < -0.3 is 19.7 Å². The van der Waals surface area contributed by atoms with Gasteiger partial charge in [-0.2, -0.15) is 5.10 Å². The Kier molecular flexibility index (Phi) is 4.34. The number of aromatic nitrogens is 2. The summed E-state index contributed by atoms with van der Waals surface area (Å²) < 4.78 is 10.2. The molecule has 0 radical (unpaired) electrons. The Hall–Kier alpha value is -2.87. The topological polar surface area (TPSA) is 96.6 Å². The van der Waals surface area contributed by atoms with Crippen LogP contribution in [0.5, 0.6) is 0 Å². The zero-order valence-corrected chi connectivity index (χ0v) is 14.4. The first-order valence-electron chi connectivity index (χ1n) is 8.56. The van der Waals surface area contributed by atoms with E-state index in [1.807, 2.05) is 24.3 Å². The van der Waals surface area contributed by atoms with E-state index in [2.05, 4.69) is 20.4 Å². The summed E-state index contributed by atoms with van der Waals surface area (Å²) >= 11 is 0. The van der Waals surface area contributed by atoms with Crippen molar-refractivity contribution in [3.63, 3.8) is 0 Å². The number of nitrogens with one attached hydrogen (secondary N) is 2. The molecule has 26 heavy (non-hydrogen) atoms. The van der Waals surface area contributed by atoms with Crippen LogP contribution >= 0.6 is 0 Å². The summed E-state index contributed by atoms with van der Waals surface area (Å²) in [5.74, 6) is -0.471. The molecule has 1 atom stereocenters. The second-order valence-corrected chi connectivity index (χ2v) is 6.35. The van der Waals surface area contributed by atoms with Crippen LogP contribution in [0, 0.1) is 0 Å². The van der Waals surface area contributed by atoms with Crippen molar-refractivity contribution >= 4 is 23.4 Å². The average Bonchev–Trinajstić information content (AvgIpc) is 3.11. The van der Waals surface area contributed by atoms with Crippen molar-refractivity contribution in [1.82, 2.24) is 10.2 Å². The molecule has 8 nitrogen and oxygen atoms in total. The molecule has 2 aromatic rings. The van der Waals surface area contributed by atoms with E-state index in [0.717, 1.165) is 37.6 Å². The van der Waals surface area contributed by atoms with Crippen molar-refractivity contribution in [3.8, 4) is 0 Å². The van der Waals surface area contributed by atoms with Gasteiger partial charge in [0.15, 0.2) is 5.82 Å². The minimum Gasteiger partial charge on any atom is -0.464 e. The summed E-state index contributed by atoms with van der Waals surface area (Å²) in [6.07, 6.45) is 0.257. The normalized spacial score (nSPS) is 19.7. The lowest BCUT2D eigenvalue weighted by Crippen LogP contribution is -2.36. The van der Waals surface area contributed by atoms with Crippen molar-refractivity contribution in [2.24, 2.45) is 0 Å². The number of nitrogens with zero attached hydrogens (tertiary/aromatic N) is 2. The third kappa shape index (κ3) is 2.92. The van der Waals surface area contributed by atoms with Gasteiger partial charge in [-0.15, -0.1) is 0 Å². The van der Waals surface area contributed by atoms with Crippen LogP contribution in [-0.4, -0.2) is 55.5 Å². The van der Waals surface area contributed by atoms with Crippen molar-refractivity contribution in [3.05, 3.63) is 41.1 Å². The van der Waals surface area contributed by atoms with Crippen LogP contribution in [0.2, 0.25) is 0 Å². The lowest BCUT2D eigenvalue weighted by molar-refractivity contribution is -0.116. The molecule has 1 fully saturated rings. The molecule has 1 saturated heterocycles. The van der Waals surface area contributed by atoms with Gasteiger partial charge in [0.05, 0.1) is 20.3 Å². The quantitative estimate of drug-likeness (QED) is 0.809. The lowest BCUT2D eigenvalue weighted by atomic mass is 9.85. The molecule has 2 N–H and O–H groups in total. The van der Waals surface area contributed by atoms with E-state index in [1.165, 1.54) is 7.11 Å². The minimum atomic E-state index is -0.496. The highest BCUT2D eigenvalue weighted by molar-refractivity contribution is 5.98. The van der Waals surface area contributed by atoms with Gasteiger partial charge >= 0.3 is 5.97 Å². The van der Waals surface area contributed by atoms with Crippen LogP contribution < -0.4 is 10.2 Å². The van der Waals surface area contributed by atoms with Gasteiger partial charge in [0, 0.05) is 36.7 Å². The molecule has 0 aliphatic carbocycles. The third-order valence-electron chi connectivity index (χ3n) is 4.86. The number of amides is 1. The molecule has 4 rings (SSSR count). The molecule has 0 bridgehead atoms. The predicted molar refractivity (Wildman–Crippen MR) is 94.5 cm³/mol. The number of hydrogen-bond donors (Lipinski definition) is 2. The maximum absolute atomic E-state index is 12.1. The number of methoxy groups -OCH3 is 1. The summed E-state index contributed by atoms with van der Waals surface area (Å²) in [7, 11) is 1.32. The highest BCUT2D eigenvalue weighted by Crippen LogP contribution is 2.38. The van der Waals surface area contributed by atoms with E-state index in [9.17, 15) is 9.59 Å². The van der Waals surface area contributed by atoms with Crippen molar-refractivity contribution in [1.29, 1.82) is 0 Å². The number of fused-ring (bicyclic) bond motifs is 1. The molecule has 1 aromatic carbocycles. The van der Waals surface area contributed by atoms with Gasteiger partial charge in [-0.25, -0.2) is 4.79 Å². The molecular weight excluding hydrogens is 336 g/mol. The van der Waals surface area contributed by atoms with Gasteiger partial charge in [-0.3, -0.25) is 9.89 Å². The molecule has 1 amide bonds. The molecule has 2 aliphatic rings. The largest absolute Gasteiger partial charge is 0.464 e. The fourth-order valence-electron chi connectivity index (χ4n) is 3.54. The highest BCUT2D eigenvalue weighted by Gasteiger charge is 2.34. The number of benzene rings is 1. The van der Waals surface area contributed by atoms with Gasteiger partial charge in [0.1, 0.15) is 5.69 Å². The van der Waals surface area contributed by atoms with E-state index in [-0.39, 0.29) is 23.9 Å². The van der Waals surface area contributed by atoms with Crippen LogP contribution in [0.15, 0.2) is 24.3 Å². The van der Waals surface area contributed by atoms with E-state index < -0.39 is 5.97 Å². The molecule has 2 aliphatic heterocycles. The second-order valence-electron chi connectivity index (χ2n) is 6.35. The van der Waals surface area contributed by atoms with Crippen molar-refractivity contribution in [2.45, 2.75) is 12.3 Å². The smallest absolute Gasteiger partial charge is 0.356 e. The van der Waals surface area contributed by atoms with Crippen LogP contribution in [0.25, 0.3) is 0 Å². The van der Waals surface area contributed by atoms with Crippen LogP contribution in [-0.2, 0) is 14.3 Å². The van der Waals surface area contributed by atoms with Crippen LogP contribution in [0.1, 0.15) is 34.0 Å². The molecule has 0 saturated carbocycles. The third-order valence-corrected chi connectivity index (χ3v) is 4.86. The summed E-state index contributed by atoms with van der Waals surface area (Å²) in [4.78, 5) is 26.4.